The molecular formula is C19H23N5O4S. The minimum Gasteiger partial charge on any atom is -0.486 e. The molecule has 2 heterocycles. The zero-order valence-electron chi connectivity index (χ0n) is 16.1. The number of nitrogens with two attached hydrogens (primary N) is 1. The van der Waals surface area contributed by atoms with E-state index in [2.05, 4.69) is 15.5 Å². The fraction of sp³-hybridized carbons (Fsp3) is 0.474. The molecule has 4 rings (SSSR count). The number of ether oxygens (including phenoxy) is 2. The predicted molar refractivity (Wildman–Crippen MR) is 107 cm³/mol. The summed E-state index contributed by atoms with van der Waals surface area (Å²) in [5.41, 5.74) is 5.94. The van der Waals surface area contributed by atoms with E-state index in [0.717, 1.165) is 18.7 Å². The van der Waals surface area contributed by atoms with Crippen molar-refractivity contribution in [3.63, 3.8) is 0 Å². The SMILES string of the molecule is CC(Sc1nnc(C2CC2)n1CCC(N)=O)C(=O)Nc1ccc2c(c1)OCCO2. The topological polar surface area (TPSA) is 121 Å². The van der Waals surface area contributed by atoms with E-state index < -0.39 is 5.25 Å². The van der Waals surface area contributed by atoms with Gasteiger partial charge in [0, 0.05) is 30.6 Å². The number of aromatic nitrogens is 3. The lowest BCUT2D eigenvalue weighted by Crippen LogP contribution is -2.23. The molecule has 1 aliphatic heterocycles. The van der Waals surface area contributed by atoms with Crippen molar-refractivity contribution < 1.29 is 19.1 Å². The third kappa shape index (κ3) is 4.64. The zero-order valence-corrected chi connectivity index (χ0v) is 16.9. The molecule has 1 fully saturated rings. The van der Waals surface area contributed by atoms with Gasteiger partial charge >= 0.3 is 0 Å². The number of carbonyl (C=O) groups is 2. The molecule has 0 radical (unpaired) electrons. The van der Waals surface area contributed by atoms with E-state index in [-0.39, 0.29) is 18.2 Å². The van der Waals surface area contributed by atoms with E-state index >= 15 is 0 Å². The highest BCUT2D eigenvalue weighted by Gasteiger charge is 2.31. The number of benzene rings is 1. The molecule has 2 aliphatic rings. The van der Waals surface area contributed by atoms with Gasteiger partial charge < -0.3 is 25.1 Å². The molecule has 1 aromatic heterocycles. The number of fused-ring (bicyclic) bond motifs is 1. The van der Waals surface area contributed by atoms with Gasteiger partial charge in [0.2, 0.25) is 11.8 Å². The molecule has 29 heavy (non-hydrogen) atoms. The van der Waals surface area contributed by atoms with Crippen LogP contribution < -0.4 is 20.5 Å². The summed E-state index contributed by atoms with van der Waals surface area (Å²) in [6.07, 6.45) is 2.35. The Morgan fingerprint density at radius 1 is 1.28 bits per heavy atom. The standard InChI is InChI=1S/C19H23N5O4S/c1-11(18(26)21-13-4-5-14-15(10-13)28-9-8-27-14)29-19-23-22-17(12-2-3-12)24(19)7-6-16(20)25/h4-5,10-12H,2-3,6-9H2,1H3,(H2,20,25)(H,21,26). The molecule has 0 spiro atoms. The molecule has 9 nitrogen and oxygen atoms in total. The molecule has 0 saturated heterocycles. The lowest BCUT2D eigenvalue weighted by molar-refractivity contribution is -0.118. The van der Waals surface area contributed by atoms with E-state index in [0.29, 0.717) is 48.0 Å². The van der Waals surface area contributed by atoms with E-state index in [1.165, 1.54) is 11.8 Å². The summed E-state index contributed by atoms with van der Waals surface area (Å²) < 4.78 is 13.0. The summed E-state index contributed by atoms with van der Waals surface area (Å²) in [4.78, 5) is 23.9. The van der Waals surface area contributed by atoms with E-state index in [4.69, 9.17) is 15.2 Å². The molecule has 1 aromatic carbocycles. The van der Waals surface area contributed by atoms with Crippen molar-refractivity contribution in [1.82, 2.24) is 14.8 Å². The molecule has 154 valence electrons. The van der Waals surface area contributed by atoms with Crippen molar-refractivity contribution >= 4 is 29.3 Å². The molecule has 1 aliphatic carbocycles. The van der Waals surface area contributed by atoms with Crippen LogP contribution in [0.1, 0.15) is 37.9 Å². The van der Waals surface area contributed by atoms with Gasteiger partial charge in [-0.2, -0.15) is 0 Å². The number of amides is 2. The van der Waals surface area contributed by atoms with Crippen LogP contribution in [0.15, 0.2) is 23.4 Å². The lowest BCUT2D eigenvalue weighted by atomic mass is 10.2. The smallest absolute Gasteiger partial charge is 0.237 e. The first-order chi connectivity index (χ1) is 14.0. The quantitative estimate of drug-likeness (QED) is 0.629. The van der Waals surface area contributed by atoms with Crippen LogP contribution in [0.4, 0.5) is 5.69 Å². The van der Waals surface area contributed by atoms with Gasteiger partial charge in [0.25, 0.3) is 0 Å². The summed E-state index contributed by atoms with van der Waals surface area (Å²) in [5, 5.41) is 11.6. The molecule has 2 aromatic rings. The summed E-state index contributed by atoms with van der Waals surface area (Å²) in [5.74, 6) is 2.01. The number of rotatable bonds is 8. The van der Waals surface area contributed by atoms with Gasteiger partial charge in [0.15, 0.2) is 16.7 Å². The molecule has 3 N–H and O–H groups in total. The van der Waals surface area contributed by atoms with Crippen LogP contribution >= 0.6 is 11.8 Å². The Labute approximate surface area is 172 Å². The number of thioether (sulfide) groups is 1. The Balaban J connectivity index is 1.42. The number of primary amides is 1. The third-order valence-corrected chi connectivity index (χ3v) is 5.81. The lowest BCUT2D eigenvalue weighted by Gasteiger charge is -2.19. The number of hydrogen-bond acceptors (Lipinski definition) is 7. The van der Waals surface area contributed by atoms with Crippen LogP contribution in [-0.4, -0.2) is 45.0 Å². The molecule has 2 amide bonds. The minimum atomic E-state index is -0.410. The second kappa shape index (κ2) is 8.32. The van der Waals surface area contributed by atoms with E-state index in [9.17, 15) is 9.59 Å². The van der Waals surface area contributed by atoms with Gasteiger partial charge in [-0.05, 0) is 31.9 Å². The Kier molecular flexibility index (Phi) is 5.61. The molecule has 1 unspecified atom stereocenters. The summed E-state index contributed by atoms with van der Waals surface area (Å²) in [6.45, 7) is 3.24. The van der Waals surface area contributed by atoms with E-state index in [1.807, 2.05) is 11.5 Å². The van der Waals surface area contributed by atoms with Gasteiger partial charge in [-0.1, -0.05) is 11.8 Å². The highest BCUT2D eigenvalue weighted by molar-refractivity contribution is 8.00. The zero-order chi connectivity index (χ0) is 20.4. The minimum absolute atomic E-state index is 0.163. The first kappa shape index (κ1) is 19.6. The Morgan fingerprint density at radius 2 is 2.03 bits per heavy atom. The second-order valence-electron chi connectivity index (χ2n) is 7.09. The maximum absolute atomic E-state index is 12.7. The summed E-state index contributed by atoms with van der Waals surface area (Å²) >= 11 is 1.31. The van der Waals surface area contributed by atoms with Crippen molar-refractivity contribution in [2.24, 2.45) is 5.73 Å². The Hall–Kier alpha value is -2.75. The van der Waals surface area contributed by atoms with Crippen molar-refractivity contribution in [3.8, 4) is 11.5 Å². The third-order valence-electron chi connectivity index (χ3n) is 4.73. The first-order valence-electron chi connectivity index (χ1n) is 9.60. The first-order valence-corrected chi connectivity index (χ1v) is 10.5. The fourth-order valence-corrected chi connectivity index (χ4v) is 3.92. The number of carbonyl (C=O) groups excluding carboxylic acids is 2. The van der Waals surface area contributed by atoms with Crippen molar-refractivity contribution in [2.45, 2.75) is 49.1 Å². The molecule has 0 bridgehead atoms. The highest BCUT2D eigenvalue weighted by atomic mass is 32.2. The van der Waals surface area contributed by atoms with Gasteiger partial charge in [-0.25, -0.2) is 0 Å². The van der Waals surface area contributed by atoms with Gasteiger partial charge in [0.05, 0.1) is 5.25 Å². The van der Waals surface area contributed by atoms with Crippen LogP contribution in [0.3, 0.4) is 0 Å². The maximum atomic E-state index is 12.7. The molecular weight excluding hydrogens is 394 g/mol. The summed E-state index contributed by atoms with van der Waals surface area (Å²) in [7, 11) is 0. The van der Waals surface area contributed by atoms with Crippen molar-refractivity contribution in [2.75, 3.05) is 18.5 Å². The number of nitrogens with one attached hydrogen (secondary N) is 1. The van der Waals surface area contributed by atoms with Crippen LogP contribution in [0.5, 0.6) is 11.5 Å². The fourth-order valence-electron chi connectivity index (χ4n) is 3.04. The number of nitrogens with zero attached hydrogens (tertiary/aromatic N) is 3. The normalized spacial score (nSPS) is 16.3. The van der Waals surface area contributed by atoms with Gasteiger partial charge in [0.1, 0.15) is 19.0 Å². The molecule has 10 heteroatoms. The van der Waals surface area contributed by atoms with Gasteiger partial charge in [-0.15, -0.1) is 10.2 Å². The number of hydrogen-bond donors (Lipinski definition) is 2. The Morgan fingerprint density at radius 3 is 2.76 bits per heavy atom. The second-order valence-corrected chi connectivity index (χ2v) is 8.40. The summed E-state index contributed by atoms with van der Waals surface area (Å²) in [6, 6.07) is 5.32. The predicted octanol–water partition coefficient (Wildman–Crippen LogP) is 1.92. The molecule has 1 atom stereocenters. The van der Waals surface area contributed by atoms with Crippen LogP contribution in [0.25, 0.3) is 0 Å². The van der Waals surface area contributed by atoms with Crippen LogP contribution in [0, 0.1) is 0 Å². The molecule has 1 saturated carbocycles. The number of anilines is 1. The van der Waals surface area contributed by atoms with Crippen LogP contribution in [-0.2, 0) is 16.1 Å². The maximum Gasteiger partial charge on any atom is 0.237 e. The van der Waals surface area contributed by atoms with Gasteiger partial charge in [-0.3, -0.25) is 9.59 Å². The average molecular weight is 417 g/mol. The monoisotopic (exact) mass is 417 g/mol. The van der Waals surface area contributed by atoms with Crippen molar-refractivity contribution in [3.05, 3.63) is 24.0 Å². The largest absolute Gasteiger partial charge is 0.486 e. The highest BCUT2D eigenvalue weighted by Crippen LogP contribution is 2.40. The average Bonchev–Trinajstić information content (AvgIpc) is 3.47. The van der Waals surface area contributed by atoms with Crippen molar-refractivity contribution in [1.29, 1.82) is 0 Å². The van der Waals surface area contributed by atoms with E-state index in [1.54, 1.807) is 18.2 Å². The Bertz CT molecular complexity index is 927. The van der Waals surface area contributed by atoms with Crippen LogP contribution in [0.2, 0.25) is 0 Å².